The van der Waals surface area contributed by atoms with Crippen LogP contribution in [0.15, 0.2) is 12.2 Å². The fraction of sp³-hybridized carbons (Fsp3) is 0.667. The summed E-state index contributed by atoms with van der Waals surface area (Å²) < 4.78 is 0. The van der Waals surface area contributed by atoms with Crippen LogP contribution in [-0.2, 0) is 4.79 Å². The van der Waals surface area contributed by atoms with Crippen LogP contribution in [0.2, 0.25) is 0 Å². The number of nitrogens with one attached hydrogen (secondary N) is 1. The van der Waals surface area contributed by atoms with Crippen molar-refractivity contribution in [2.75, 3.05) is 0 Å². The Morgan fingerprint density at radius 1 is 1.73 bits per heavy atom. The van der Waals surface area contributed by atoms with E-state index in [9.17, 15) is 4.79 Å². The van der Waals surface area contributed by atoms with Gasteiger partial charge in [-0.05, 0) is 24.8 Å². The summed E-state index contributed by atoms with van der Waals surface area (Å²) in [5.41, 5.74) is 0. The van der Waals surface area contributed by atoms with Crippen LogP contribution in [-0.4, -0.2) is 11.9 Å². The molecule has 1 rings (SSSR count). The molecule has 1 N–H and O–H groups in total. The molecule has 0 aromatic carbocycles. The summed E-state index contributed by atoms with van der Waals surface area (Å²) in [5, 5.41) is 2.92. The van der Waals surface area contributed by atoms with Gasteiger partial charge in [0.1, 0.15) is 0 Å². The Hall–Kier alpha value is -0.790. The fourth-order valence-corrected chi connectivity index (χ4v) is 1.37. The molecular weight excluding hydrogens is 138 g/mol. The minimum Gasteiger partial charge on any atom is -0.350 e. The maximum atomic E-state index is 10.9. The summed E-state index contributed by atoms with van der Waals surface area (Å²) in [6, 6.07) is 0.368. The molecule has 1 aliphatic rings. The lowest BCUT2D eigenvalue weighted by Gasteiger charge is -2.20. The van der Waals surface area contributed by atoms with Crippen molar-refractivity contribution in [3.05, 3.63) is 12.2 Å². The van der Waals surface area contributed by atoms with Gasteiger partial charge in [-0.3, -0.25) is 4.79 Å². The van der Waals surface area contributed by atoms with Crippen molar-refractivity contribution in [2.24, 2.45) is 5.92 Å². The van der Waals surface area contributed by atoms with Gasteiger partial charge in [-0.2, -0.15) is 0 Å². The minimum atomic E-state index is 0.0573. The summed E-state index contributed by atoms with van der Waals surface area (Å²) >= 11 is 0. The van der Waals surface area contributed by atoms with Gasteiger partial charge < -0.3 is 5.32 Å². The number of rotatable bonds is 2. The molecule has 0 aromatic heterocycles. The van der Waals surface area contributed by atoms with Crippen LogP contribution >= 0.6 is 0 Å². The Kier molecular flexibility index (Phi) is 2.69. The Balaban J connectivity index is 2.37. The highest BCUT2D eigenvalue weighted by Gasteiger charge is 2.14. The van der Waals surface area contributed by atoms with E-state index in [1.165, 1.54) is 0 Å². The average Bonchev–Trinajstić information content (AvgIpc) is 1.85. The van der Waals surface area contributed by atoms with Crippen molar-refractivity contribution in [1.82, 2.24) is 5.32 Å². The predicted molar refractivity (Wildman–Crippen MR) is 45.1 cm³/mol. The monoisotopic (exact) mass is 153 g/mol. The van der Waals surface area contributed by atoms with Crippen molar-refractivity contribution < 1.29 is 4.79 Å². The van der Waals surface area contributed by atoms with Crippen molar-refractivity contribution in [3.8, 4) is 0 Å². The molecule has 62 valence electrons. The first-order valence-electron chi connectivity index (χ1n) is 4.15. The van der Waals surface area contributed by atoms with E-state index in [1.807, 2.05) is 6.08 Å². The zero-order valence-electron chi connectivity index (χ0n) is 7.13. The van der Waals surface area contributed by atoms with Gasteiger partial charge in [0.05, 0.1) is 0 Å². The summed E-state index contributed by atoms with van der Waals surface area (Å²) in [6.45, 7) is 4.34. The van der Waals surface area contributed by atoms with Crippen LogP contribution in [0.25, 0.3) is 0 Å². The molecule has 0 saturated carbocycles. The minimum absolute atomic E-state index is 0.0573. The number of amides is 1. The van der Waals surface area contributed by atoms with Crippen molar-refractivity contribution >= 4 is 5.91 Å². The molecule has 1 amide bonds. The van der Waals surface area contributed by atoms with Crippen molar-refractivity contribution in [2.45, 2.75) is 32.7 Å². The Morgan fingerprint density at radius 3 is 3.00 bits per heavy atom. The van der Waals surface area contributed by atoms with Gasteiger partial charge in [-0.1, -0.05) is 19.9 Å². The Bertz CT molecular complexity index is 172. The fourth-order valence-electron chi connectivity index (χ4n) is 1.37. The van der Waals surface area contributed by atoms with Gasteiger partial charge >= 0.3 is 0 Å². The molecule has 0 aliphatic carbocycles. The van der Waals surface area contributed by atoms with Crippen LogP contribution in [0.4, 0.5) is 0 Å². The highest BCUT2D eigenvalue weighted by Crippen LogP contribution is 2.10. The summed E-state index contributed by atoms with van der Waals surface area (Å²) in [6.07, 6.45) is 5.63. The number of hydrogen-bond donors (Lipinski definition) is 1. The quantitative estimate of drug-likeness (QED) is 0.639. The molecule has 0 radical (unpaired) electrons. The second-order valence-corrected chi connectivity index (χ2v) is 3.47. The normalized spacial score (nSPS) is 23.9. The first-order valence-corrected chi connectivity index (χ1v) is 4.15. The van der Waals surface area contributed by atoms with Gasteiger partial charge in [0.25, 0.3) is 0 Å². The van der Waals surface area contributed by atoms with E-state index in [2.05, 4.69) is 19.2 Å². The van der Waals surface area contributed by atoms with Gasteiger partial charge in [-0.15, -0.1) is 0 Å². The predicted octanol–water partition coefficient (Wildman–Crippen LogP) is 1.48. The third-order valence-electron chi connectivity index (χ3n) is 1.79. The van der Waals surface area contributed by atoms with E-state index in [0.717, 1.165) is 12.8 Å². The van der Waals surface area contributed by atoms with E-state index < -0.39 is 0 Å². The third-order valence-corrected chi connectivity index (χ3v) is 1.79. The number of hydrogen-bond acceptors (Lipinski definition) is 1. The Morgan fingerprint density at radius 2 is 2.45 bits per heavy atom. The van der Waals surface area contributed by atoms with Crippen molar-refractivity contribution in [3.63, 3.8) is 0 Å². The van der Waals surface area contributed by atoms with Crippen molar-refractivity contribution in [1.29, 1.82) is 0 Å². The molecule has 2 heteroatoms. The zero-order valence-corrected chi connectivity index (χ0v) is 7.13. The molecule has 0 saturated heterocycles. The first-order chi connectivity index (χ1) is 5.18. The summed E-state index contributed by atoms with van der Waals surface area (Å²) in [4.78, 5) is 10.9. The van der Waals surface area contributed by atoms with E-state index in [0.29, 0.717) is 12.0 Å². The van der Waals surface area contributed by atoms with Crippen LogP contribution in [0.3, 0.4) is 0 Å². The lowest BCUT2D eigenvalue weighted by atomic mass is 9.99. The van der Waals surface area contributed by atoms with Gasteiger partial charge in [0.15, 0.2) is 0 Å². The molecule has 11 heavy (non-hydrogen) atoms. The lowest BCUT2D eigenvalue weighted by molar-refractivity contribution is -0.117. The molecule has 0 fully saturated rings. The smallest absolute Gasteiger partial charge is 0.243 e. The molecular formula is C9H15NO. The first kappa shape index (κ1) is 8.31. The van der Waals surface area contributed by atoms with E-state index in [1.54, 1.807) is 6.08 Å². The van der Waals surface area contributed by atoms with Crippen LogP contribution in [0, 0.1) is 5.92 Å². The van der Waals surface area contributed by atoms with Gasteiger partial charge in [-0.25, -0.2) is 0 Å². The van der Waals surface area contributed by atoms with Gasteiger partial charge in [0.2, 0.25) is 5.91 Å². The zero-order chi connectivity index (χ0) is 8.27. The average molecular weight is 153 g/mol. The SMILES string of the molecule is CC(C)CC1CC=CC(=O)N1. The highest BCUT2D eigenvalue weighted by atomic mass is 16.1. The maximum absolute atomic E-state index is 10.9. The summed E-state index contributed by atoms with van der Waals surface area (Å²) in [5.74, 6) is 0.716. The van der Waals surface area contributed by atoms with E-state index >= 15 is 0 Å². The number of carbonyl (C=O) groups is 1. The largest absolute Gasteiger partial charge is 0.350 e. The van der Waals surface area contributed by atoms with Crippen LogP contribution in [0.1, 0.15) is 26.7 Å². The standard InChI is InChI=1S/C9H15NO/c1-7(2)6-8-4-3-5-9(11)10-8/h3,5,7-8H,4,6H2,1-2H3,(H,10,11). The molecule has 0 bridgehead atoms. The maximum Gasteiger partial charge on any atom is 0.243 e. The van der Waals surface area contributed by atoms with Crippen LogP contribution < -0.4 is 5.32 Å². The van der Waals surface area contributed by atoms with Crippen LogP contribution in [0.5, 0.6) is 0 Å². The van der Waals surface area contributed by atoms with E-state index in [4.69, 9.17) is 0 Å². The lowest BCUT2D eigenvalue weighted by Crippen LogP contribution is -2.36. The highest BCUT2D eigenvalue weighted by molar-refractivity contribution is 5.88. The molecule has 0 spiro atoms. The molecule has 1 atom stereocenters. The number of carbonyl (C=O) groups excluding carboxylic acids is 1. The topological polar surface area (TPSA) is 29.1 Å². The van der Waals surface area contributed by atoms with E-state index in [-0.39, 0.29) is 5.91 Å². The second kappa shape index (κ2) is 3.56. The second-order valence-electron chi connectivity index (χ2n) is 3.47. The molecule has 1 heterocycles. The van der Waals surface area contributed by atoms with Gasteiger partial charge in [0, 0.05) is 6.04 Å². The Labute approximate surface area is 67.7 Å². The molecule has 1 aliphatic heterocycles. The molecule has 1 unspecified atom stereocenters. The molecule has 0 aromatic rings. The summed E-state index contributed by atoms with van der Waals surface area (Å²) in [7, 11) is 0. The molecule has 2 nitrogen and oxygen atoms in total. The third kappa shape index (κ3) is 2.74.